The van der Waals surface area contributed by atoms with Gasteiger partial charge >= 0.3 is 5.69 Å². The number of aromatic nitrogens is 3. The number of carbonyl (C=O) groups is 1. The second kappa shape index (κ2) is 8.57. The number of anilines is 1. The fourth-order valence-corrected chi connectivity index (χ4v) is 3.47. The number of carbonyl (C=O) groups excluding carboxylic acids is 1. The summed E-state index contributed by atoms with van der Waals surface area (Å²) < 4.78 is 1.43. The average molecular weight is 435 g/mol. The molecule has 2 heterocycles. The number of nitrogens with one attached hydrogen (secondary N) is 2. The summed E-state index contributed by atoms with van der Waals surface area (Å²) in [6, 6.07) is 17.9. The second-order valence-corrected chi connectivity index (χ2v) is 7.54. The van der Waals surface area contributed by atoms with Crippen molar-refractivity contribution in [2.45, 2.75) is 19.9 Å². The summed E-state index contributed by atoms with van der Waals surface area (Å²) in [6.45, 7) is 2.02. The molecule has 0 radical (unpaired) electrons. The topological polar surface area (TPSA) is 96.8 Å². The van der Waals surface area contributed by atoms with Gasteiger partial charge in [0.2, 0.25) is 0 Å². The summed E-state index contributed by atoms with van der Waals surface area (Å²) in [6.07, 6.45) is 0.599. The van der Waals surface area contributed by atoms with E-state index >= 15 is 0 Å². The normalized spacial score (nSPS) is 10.9. The molecule has 0 saturated carbocycles. The number of benzene rings is 2. The number of rotatable bonds is 5. The minimum atomic E-state index is -0.580. The van der Waals surface area contributed by atoms with Crippen molar-refractivity contribution in [1.82, 2.24) is 14.5 Å². The van der Waals surface area contributed by atoms with Crippen molar-refractivity contribution in [2.75, 3.05) is 5.32 Å². The van der Waals surface area contributed by atoms with E-state index in [0.29, 0.717) is 29.4 Å². The van der Waals surface area contributed by atoms with Gasteiger partial charge in [-0.2, -0.15) is 0 Å². The van der Waals surface area contributed by atoms with Crippen molar-refractivity contribution in [3.8, 4) is 0 Å². The largest absolute Gasteiger partial charge is 0.330 e. The quantitative estimate of drug-likeness (QED) is 0.502. The van der Waals surface area contributed by atoms with Crippen LogP contribution in [0.15, 0.2) is 70.3 Å². The highest BCUT2D eigenvalue weighted by molar-refractivity contribution is 6.30. The van der Waals surface area contributed by atoms with Gasteiger partial charge in [-0.25, -0.2) is 9.78 Å². The average Bonchev–Trinajstić information content (AvgIpc) is 2.75. The lowest BCUT2D eigenvalue weighted by Gasteiger charge is -2.12. The molecule has 0 bridgehead atoms. The van der Waals surface area contributed by atoms with Crippen LogP contribution in [0.2, 0.25) is 5.02 Å². The minimum absolute atomic E-state index is 0.180. The van der Waals surface area contributed by atoms with Gasteiger partial charge in [0.25, 0.3) is 11.5 Å². The maximum atomic E-state index is 12.8. The summed E-state index contributed by atoms with van der Waals surface area (Å²) >= 11 is 5.88. The van der Waals surface area contributed by atoms with Crippen molar-refractivity contribution in [3.05, 3.63) is 103 Å². The summed E-state index contributed by atoms with van der Waals surface area (Å²) in [5, 5.41) is 3.50. The van der Waals surface area contributed by atoms with Gasteiger partial charge in [0.05, 0.1) is 16.6 Å². The predicted octanol–water partition coefficient (Wildman–Crippen LogP) is 3.54. The molecule has 2 N–H and O–H groups in total. The minimum Gasteiger partial charge on any atom is -0.322 e. The van der Waals surface area contributed by atoms with Crippen LogP contribution in [-0.4, -0.2) is 20.4 Å². The Hall–Kier alpha value is -3.71. The first-order valence-corrected chi connectivity index (χ1v) is 10.1. The Morgan fingerprint density at radius 1 is 1.10 bits per heavy atom. The fourth-order valence-electron chi connectivity index (χ4n) is 3.35. The molecule has 0 saturated heterocycles. The number of H-pyrrole nitrogens is 1. The Kier molecular flexibility index (Phi) is 5.68. The second-order valence-electron chi connectivity index (χ2n) is 7.10. The summed E-state index contributed by atoms with van der Waals surface area (Å²) in [4.78, 5) is 44.4. The smallest absolute Gasteiger partial charge is 0.322 e. The fraction of sp³-hybridized carbons (Fsp3) is 0.130. The molecular formula is C23H19ClN4O3. The molecule has 4 rings (SSSR count). The molecule has 0 atom stereocenters. The molecule has 2 aromatic heterocycles. The first kappa shape index (κ1) is 20.6. The molecule has 8 heteroatoms. The van der Waals surface area contributed by atoms with E-state index in [2.05, 4.69) is 15.3 Å². The van der Waals surface area contributed by atoms with Crippen molar-refractivity contribution in [1.29, 1.82) is 0 Å². The van der Waals surface area contributed by atoms with E-state index in [-0.39, 0.29) is 16.6 Å². The maximum Gasteiger partial charge on any atom is 0.330 e. The lowest BCUT2D eigenvalue weighted by Crippen LogP contribution is -2.32. The molecule has 0 aliphatic carbocycles. The first-order valence-electron chi connectivity index (χ1n) is 9.67. The van der Waals surface area contributed by atoms with Gasteiger partial charge in [-0.15, -0.1) is 0 Å². The standard InChI is InChI=1S/C23H19ClN4O3/c1-14-18(21(29)26-17-9-7-16(24)8-10-17)13-19-20(25-14)28(23(31)27-22(19)30)12-11-15-5-3-2-4-6-15/h2-10,13H,11-12H2,1H3,(H,26,29)(H,27,30,31). The van der Waals surface area contributed by atoms with Gasteiger partial charge < -0.3 is 5.32 Å². The van der Waals surface area contributed by atoms with Crippen molar-refractivity contribution in [3.63, 3.8) is 0 Å². The summed E-state index contributed by atoms with van der Waals surface area (Å²) in [5.41, 5.74) is 1.44. The maximum absolute atomic E-state index is 12.8. The van der Waals surface area contributed by atoms with E-state index in [1.807, 2.05) is 30.3 Å². The SMILES string of the molecule is Cc1nc2c(cc1C(=O)Nc1ccc(Cl)cc1)c(=O)[nH]c(=O)n2CCc1ccccc1. The van der Waals surface area contributed by atoms with Gasteiger partial charge in [-0.1, -0.05) is 41.9 Å². The molecule has 156 valence electrons. The highest BCUT2D eigenvalue weighted by Crippen LogP contribution is 2.17. The number of halogens is 1. The molecule has 0 aliphatic rings. The van der Waals surface area contributed by atoms with Crippen LogP contribution in [0.5, 0.6) is 0 Å². The van der Waals surface area contributed by atoms with E-state index in [1.165, 1.54) is 10.6 Å². The third-order valence-electron chi connectivity index (χ3n) is 4.97. The molecular weight excluding hydrogens is 416 g/mol. The monoisotopic (exact) mass is 434 g/mol. The van der Waals surface area contributed by atoms with Gasteiger partial charge in [-0.05, 0) is 49.2 Å². The van der Waals surface area contributed by atoms with Gasteiger partial charge in [0.15, 0.2) is 0 Å². The van der Waals surface area contributed by atoms with Crippen LogP contribution < -0.4 is 16.6 Å². The number of amides is 1. The number of hydrogen-bond donors (Lipinski definition) is 2. The van der Waals surface area contributed by atoms with E-state index < -0.39 is 17.2 Å². The van der Waals surface area contributed by atoms with E-state index in [4.69, 9.17) is 11.6 Å². The van der Waals surface area contributed by atoms with Crippen LogP contribution >= 0.6 is 11.6 Å². The molecule has 0 spiro atoms. The third kappa shape index (κ3) is 4.41. The lowest BCUT2D eigenvalue weighted by atomic mass is 10.1. The Labute approximate surface area is 182 Å². The first-order chi connectivity index (χ1) is 14.9. The zero-order chi connectivity index (χ0) is 22.0. The zero-order valence-electron chi connectivity index (χ0n) is 16.7. The van der Waals surface area contributed by atoms with Crippen molar-refractivity contribution < 1.29 is 4.79 Å². The highest BCUT2D eigenvalue weighted by atomic mass is 35.5. The number of aryl methyl sites for hydroxylation is 3. The molecule has 4 aromatic rings. The number of aromatic amines is 1. The lowest BCUT2D eigenvalue weighted by molar-refractivity contribution is 0.102. The molecule has 0 fully saturated rings. The molecule has 2 aromatic carbocycles. The molecule has 7 nitrogen and oxygen atoms in total. The van der Waals surface area contributed by atoms with Gasteiger partial charge in [0.1, 0.15) is 5.65 Å². The van der Waals surface area contributed by atoms with E-state index in [0.717, 1.165) is 5.56 Å². The number of pyridine rings is 1. The Morgan fingerprint density at radius 3 is 2.52 bits per heavy atom. The molecule has 1 amide bonds. The van der Waals surface area contributed by atoms with Gasteiger partial charge in [0, 0.05) is 17.3 Å². The molecule has 31 heavy (non-hydrogen) atoms. The predicted molar refractivity (Wildman–Crippen MR) is 121 cm³/mol. The highest BCUT2D eigenvalue weighted by Gasteiger charge is 2.16. The van der Waals surface area contributed by atoms with E-state index in [1.54, 1.807) is 31.2 Å². The van der Waals surface area contributed by atoms with Crippen LogP contribution in [0.1, 0.15) is 21.6 Å². The number of nitrogens with zero attached hydrogens (tertiary/aromatic N) is 2. The Morgan fingerprint density at radius 2 is 1.81 bits per heavy atom. The van der Waals surface area contributed by atoms with Crippen LogP contribution in [-0.2, 0) is 13.0 Å². The zero-order valence-corrected chi connectivity index (χ0v) is 17.4. The number of fused-ring (bicyclic) bond motifs is 1. The van der Waals surface area contributed by atoms with Crippen LogP contribution in [0.25, 0.3) is 11.0 Å². The Balaban J connectivity index is 1.71. The van der Waals surface area contributed by atoms with E-state index in [9.17, 15) is 14.4 Å². The van der Waals surface area contributed by atoms with Crippen LogP contribution in [0.4, 0.5) is 5.69 Å². The van der Waals surface area contributed by atoms with Crippen LogP contribution in [0, 0.1) is 6.92 Å². The third-order valence-corrected chi connectivity index (χ3v) is 5.22. The summed E-state index contributed by atoms with van der Waals surface area (Å²) in [7, 11) is 0. The summed E-state index contributed by atoms with van der Waals surface area (Å²) in [5.74, 6) is -0.407. The van der Waals surface area contributed by atoms with Crippen LogP contribution in [0.3, 0.4) is 0 Å². The molecule has 0 aliphatic heterocycles. The van der Waals surface area contributed by atoms with Crippen molar-refractivity contribution in [2.24, 2.45) is 0 Å². The van der Waals surface area contributed by atoms with Gasteiger partial charge in [-0.3, -0.25) is 19.1 Å². The van der Waals surface area contributed by atoms with Crippen molar-refractivity contribution >= 4 is 34.2 Å². The molecule has 0 unspecified atom stereocenters. The Bertz CT molecular complexity index is 1380. The number of hydrogen-bond acceptors (Lipinski definition) is 4.